The summed E-state index contributed by atoms with van der Waals surface area (Å²) in [5.74, 6) is 3.31. The number of thioether (sulfide) groups is 2. The van der Waals surface area contributed by atoms with Gasteiger partial charge in [-0.05, 0) is 54.7 Å². The molecule has 0 radical (unpaired) electrons. The lowest BCUT2D eigenvalue weighted by atomic mass is 10.2. The number of hydrogen-bond acceptors (Lipinski definition) is 5. The fraction of sp³-hybridized carbons (Fsp3) is 0.350. The monoisotopic (exact) mass is 423 g/mol. The normalized spacial score (nSPS) is 14.6. The summed E-state index contributed by atoms with van der Waals surface area (Å²) in [6, 6.07) is 13.2. The van der Waals surface area contributed by atoms with Gasteiger partial charge in [0.25, 0.3) is 5.91 Å². The Kier molecular flexibility index (Phi) is 7.61. The van der Waals surface area contributed by atoms with Gasteiger partial charge in [-0.25, -0.2) is 0 Å². The predicted molar refractivity (Wildman–Crippen MR) is 115 cm³/mol. The van der Waals surface area contributed by atoms with Gasteiger partial charge in [0.15, 0.2) is 12.4 Å². The van der Waals surface area contributed by atoms with Crippen molar-refractivity contribution in [2.45, 2.75) is 17.9 Å². The van der Waals surface area contributed by atoms with Crippen LogP contribution in [-0.4, -0.2) is 30.6 Å². The van der Waals surface area contributed by atoms with Crippen molar-refractivity contribution < 1.29 is 14.3 Å². The van der Waals surface area contributed by atoms with Gasteiger partial charge in [-0.1, -0.05) is 29.8 Å². The number of rotatable bonds is 7. The molecule has 1 N–H and O–H groups in total. The van der Waals surface area contributed by atoms with E-state index in [1.54, 1.807) is 18.2 Å². The Bertz CT molecular complexity index is 764. The molecule has 1 fully saturated rings. The molecule has 0 aliphatic carbocycles. The van der Waals surface area contributed by atoms with Crippen LogP contribution >= 0.6 is 35.1 Å². The first-order chi connectivity index (χ1) is 13.2. The fourth-order valence-electron chi connectivity index (χ4n) is 2.63. The minimum absolute atomic E-state index is 0.0790. The molecular formula is C20H22ClNO3S2. The molecule has 1 aliphatic rings. The highest BCUT2D eigenvalue weighted by Crippen LogP contribution is 2.43. The number of halogens is 1. The van der Waals surface area contributed by atoms with E-state index in [0.717, 1.165) is 0 Å². The Morgan fingerprint density at radius 1 is 1.15 bits per heavy atom. The van der Waals surface area contributed by atoms with Crippen molar-refractivity contribution in [2.24, 2.45) is 0 Å². The molecule has 2 aromatic carbocycles. The number of ether oxygens (including phenoxy) is 2. The van der Waals surface area contributed by atoms with E-state index in [1.165, 1.54) is 23.5 Å². The van der Waals surface area contributed by atoms with E-state index in [4.69, 9.17) is 21.1 Å². The van der Waals surface area contributed by atoms with Crippen LogP contribution in [0.4, 0.5) is 5.69 Å². The Hall–Kier alpha value is -1.50. The van der Waals surface area contributed by atoms with Crippen LogP contribution in [0.15, 0.2) is 42.5 Å². The van der Waals surface area contributed by atoms with Crippen LogP contribution in [0.25, 0.3) is 0 Å². The number of amides is 1. The Balaban J connectivity index is 1.54. The largest absolute Gasteiger partial charge is 0.490 e. The van der Waals surface area contributed by atoms with E-state index in [2.05, 4.69) is 17.4 Å². The maximum Gasteiger partial charge on any atom is 0.262 e. The first-order valence-corrected chi connectivity index (χ1v) is 11.3. The van der Waals surface area contributed by atoms with Crippen molar-refractivity contribution in [3.05, 3.63) is 53.1 Å². The predicted octanol–water partition coefficient (Wildman–Crippen LogP) is 5.62. The first kappa shape index (κ1) is 20.2. The molecular weight excluding hydrogens is 402 g/mol. The van der Waals surface area contributed by atoms with E-state index in [9.17, 15) is 4.79 Å². The summed E-state index contributed by atoms with van der Waals surface area (Å²) in [6.45, 7) is 2.25. The van der Waals surface area contributed by atoms with Crippen LogP contribution in [0.1, 0.15) is 23.5 Å². The zero-order chi connectivity index (χ0) is 19.1. The molecule has 4 nitrogen and oxygen atoms in total. The van der Waals surface area contributed by atoms with Gasteiger partial charge >= 0.3 is 0 Å². The molecule has 0 saturated carbocycles. The van der Waals surface area contributed by atoms with Gasteiger partial charge in [-0.15, -0.1) is 23.5 Å². The van der Waals surface area contributed by atoms with E-state index in [-0.39, 0.29) is 12.5 Å². The third kappa shape index (κ3) is 5.74. The third-order valence-corrected chi connectivity index (χ3v) is 7.19. The molecule has 27 heavy (non-hydrogen) atoms. The van der Waals surface area contributed by atoms with Crippen molar-refractivity contribution in [3.8, 4) is 11.5 Å². The quantitative estimate of drug-likeness (QED) is 0.625. The summed E-state index contributed by atoms with van der Waals surface area (Å²) in [5.41, 5.74) is 1.83. The molecule has 2 aromatic rings. The van der Waals surface area contributed by atoms with Crippen LogP contribution in [0.2, 0.25) is 5.02 Å². The molecule has 144 valence electrons. The van der Waals surface area contributed by atoms with Gasteiger partial charge in [0.05, 0.1) is 21.9 Å². The average Bonchev–Trinajstić information content (AvgIpc) is 2.70. The molecule has 0 spiro atoms. The summed E-state index contributed by atoms with van der Waals surface area (Å²) in [4.78, 5) is 12.2. The average molecular weight is 424 g/mol. The van der Waals surface area contributed by atoms with E-state index in [0.29, 0.717) is 33.4 Å². The van der Waals surface area contributed by atoms with Crippen LogP contribution in [0.3, 0.4) is 0 Å². The topological polar surface area (TPSA) is 47.6 Å². The van der Waals surface area contributed by atoms with Crippen molar-refractivity contribution in [2.75, 3.05) is 30.0 Å². The maximum absolute atomic E-state index is 12.2. The minimum Gasteiger partial charge on any atom is -0.490 e. The van der Waals surface area contributed by atoms with Gasteiger partial charge in [0, 0.05) is 0 Å². The van der Waals surface area contributed by atoms with Crippen molar-refractivity contribution in [1.82, 2.24) is 0 Å². The second kappa shape index (κ2) is 10.2. The summed E-state index contributed by atoms with van der Waals surface area (Å²) < 4.78 is 11.6. The zero-order valence-electron chi connectivity index (χ0n) is 15.1. The Morgan fingerprint density at radius 2 is 1.89 bits per heavy atom. The highest BCUT2D eigenvalue weighted by molar-refractivity contribution is 8.16. The second-order valence-electron chi connectivity index (χ2n) is 5.88. The number of nitrogens with one attached hydrogen (secondary N) is 1. The standard InChI is InChI=1S/C20H22ClNO3S2/c1-2-24-19-16(21)5-3-6-17(19)22-18(23)13-25-15-9-7-14(8-10-15)20-26-11-4-12-27-20/h3,5-10,20H,2,4,11-13H2,1H3,(H,22,23). The van der Waals surface area contributed by atoms with Crippen LogP contribution in [-0.2, 0) is 4.79 Å². The van der Waals surface area contributed by atoms with Crippen LogP contribution in [0, 0.1) is 0 Å². The highest BCUT2D eigenvalue weighted by atomic mass is 35.5. The van der Waals surface area contributed by atoms with Crippen LogP contribution in [0.5, 0.6) is 11.5 Å². The molecule has 0 atom stereocenters. The molecule has 1 saturated heterocycles. The fourth-order valence-corrected chi connectivity index (χ4v) is 5.76. The molecule has 1 aliphatic heterocycles. The molecule has 1 heterocycles. The van der Waals surface area contributed by atoms with E-state index >= 15 is 0 Å². The van der Waals surface area contributed by atoms with Crippen molar-refractivity contribution in [1.29, 1.82) is 0 Å². The molecule has 0 bridgehead atoms. The summed E-state index contributed by atoms with van der Waals surface area (Å²) >= 11 is 10.1. The van der Waals surface area contributed by atoms with Crippen molar-refractivity contribution >= 4 is 46.7 Å². The Morgan fingerprint density at radius 3 is 2.59 bits per heavy atom. The third-order valence-electron chi connectivity index (χ3n) is 3.88. The number of hydrogen-bond donors (Lipinski definition) is 1. The lowest BCUT2D eigenvalue weighted by Gasteiger charge is -2.21. The summed E-state index contributed by atoms with van der Waals surface area (Å²) in [5, 5.41) is 3.25. The highest BCUT2D eigenvalue weighted by Gasteiger charge is 2.16. The number of carbonyl (C=O) groups excluding carboxylic acids is 1. The summed E-state index contributed by atoms with van der Waals surface area (Å²) in [7, 11) is 0. The molecule has 3 rings (SSSR count). The summed E-state index contributed by atoms with van der Waals surface area (Å²) in [6.07, 6.45) is 1.28. The number of anilines is 1. The van der Waals surface area contributed by atoms with Gasteiger partial charge in [-0.3, -0.25) is 4.79 Å². The molecule has 7 heteroatoms. The van der Waals surface area contributed by atoms with E-state index < -0.39 is 0 Å². The number of para-hydroxylation sites is 1. The van der Waals surface area contributed by atoms with Crippen LogP contribution < -0.4 is 14.8 Å². The minimum atomic E-state index is -0.263. The maximum atomic E-state index is 12.2. The van der Waals surface area contributed by atoms with Crippen molar-refractivity contribution in [3.63, 3.8) is 0 Å². The molecule has 0 unspecified atom stereocenters. The van der Waals surface area contributed by atoms with Gasteiger partial charge < -0.3 is 14.8 Å². The Labute approximate surface area is 173 Å². The first-order valence-electron chi connectivity index (χ1n) is 8.84. The molecule has 1 amide bonds. The van der Waals surface area contributed by atoms with Gasteiger partial charge in [0.2, 0.25) is 0 Å². The van der Waals surface area contributed by atoms with Gasteiger partial charge in [0.1, 0.15) is 5.75 Å². The number of carbonyl (C=O) groups is 1. The van der Waals surface area contributed by atoms with Gasteiger partial charge in [-0.2, -0.15) is 0 Å². The van der Waals surface area contributed by atoms with E-state index in [1.807, 2.05) is 42.6 Å². The smallest absolute Gasteiger partial charge is 0.262 e. The lowest BCUT2D eigenvalue weighted by molar-refractivity contribution is -0.118. The number of benzene rings is 2. The zero-order valence-corrected chi connectivity index (χ0v) is 17.5. The molecule has 0 aromatic heterocycles. The lowest BCUT2D eigenvalue weighted by Crippen LogP contribution is -2.20. The second-order valence-corrected chi connectivity index (χ2v) is 9.01. The SMILES string of the molecule is CCOc1c(Cl)cccc1NC(=O)COc1ccc(C2SCCCS2)cc1.